The maximum absolute atomic E-state index is 12.9. The summed E-state index contributed by atoms with van der Waals surface area (Å²) >= 11 is 0. The van der Waals surface area contributed by atoms with E-state index in [9.17, 15) is 19.5 Å². The number of nitrogens with one attached hydrogen (secondary N) is 2. The number of hydrogen-bond donors (Lipinski definition) is 3. The smallest absolute Gasteiger partial charge is 0.317 e. The summed E-state index contributed by atoms with van der Waals surface area (Å²) in [6.07, 6.45) is 1.43. The molecule has 0 aromatic heterocycles. The highest BCUT2D eigenvalue weighted by Crippen LogP contribution is 2.24. The van der Waals surface area contributed by atoms with Crippen LogP contribution in [0.3, 0.4) is 0 Å². The second-order valence-electron chi connectivity index (χ2n) is 7.89. The molecular formula is C21H31N3O4. The van der Waals surface area contributed by atoms with E-state index >= 15 is 0 Å². The van der Waals surface area contributed by atoms with Crippen LogP contribution in [-0.4, -0.2) is 47.5 Å². The molecule has 2 rings (SSSR count). The Labute approximate surface area is 166 Å². The molecule has 0 saturated carbocycles. The normalized spacial score (nSPS) is 19.0. The molecule has 3 N–H and O–H groups in total. The Hall–Kier alpha value is -2.57. The van der Waals surface area contributed by atoms with Gasteiger partial charge >= 0.3 is 12.0 Å². The van der Waals surface area contributed by atoms with Crippen molar-refractivity contribution in [1.29, 1.82) is 0 Å². The molecule has 0 bridgehead atoms. The number of aliphatic carboxylic acids is 1. The first-order valence-electron chi connectivity index (χ1n) is 9.90. The van der Waals surface area contributed by atoms with Crippen molar-refractivity contribution < 1.29 is 19.5 Å². The first-order chi connectivity index (χ1) is 13.3. The fourth-order valence-corrected chi connectivity index (χ4v) is 3.35. The number of carbonyl (C=O) groups is 3. The maximum Gasteiger partial charge on any atom is 0.317 e. The summed E-state index contributed by atoms with van der Waals surface area (Å²) < 4.78 is 0. The number of carboxylic acids is 1. The van der Waals surface area contributed by atoms with E-state index in [0.717, 1.165) is 12.0 Å². The highest BCUT2D eigenvalue weighted by Gasteiger charge is 2.32. The molecule has 154 valence electrons. The Morgan fingerprint density at radius 3 is 2.46 bits per heavy atom. The number of urea groups is 1. The molecule has 7 nitrogen and oxygen atoms in total. The van der Waals surface area contributed by atoms with Gasteiger partial charge in [0, 0.05) is 19.6 Å². The van der Waals surface area contributed by atoms with Crippen LogP contribution >= 0.6 is 0 Å². The molecule has 1 aromatic rings. The van der Waals surface area contributed by atoms with Gasteiger partial charge in [0.05, 0.1) is 17.9 Å². The third-order valence-corrected chi connectivity index (χ3v) is 5.09. The monoisotopic (exact) mass is 389 g/mol. The predicted molar refractivity (Wildman–Crippen MR) is 107 cm³/mol. The molecule has 1 saturated heterocycles. The largest absolute Gasteiger partial charge is 0.481 e. The van der Waals surface area contributed by atoms with Crippen LogP contribution in [0.5, 0.6) is 0 Å². The lowest BCUT2D eigenvalue weighted by molar-refractivity contribution is -0.142. The van der Waals surface area contributed by atoms with Crippen LogP contribution in [0.4, 0.5) is 4.79 Å². The minimum Gasteiger partial charge on any atom is -0.481 e. The van der Waals surface area contributed by atoms with Crippen molar-refractivity contribution in [2.24, 2.45) is 17.8 Å². The average molecular weight is 389 g/mol. The number of likely N-dealkylation sites (tertiary alicyclic amines) is 1. The van der Waals surface area contributed by atoms with E-state index in [0.29, 0.717) is 32.0 Å². The number of amides is 3. The molecule has 7 heteroatoms. The van der Waals surface area contributed by atoms with Gasteiger partial charge in [-0.15, -0.1) is 0 Å². The minimum atomic E-state index is -0.965. The van der Waals surface area contributed by atoms with Crippen LogP contribution in [0.1, 0.15) is 45.2 Å². The zero-order valence-electron chi connectivity index (χ0n) is 16.9. The molecule has 1 heterocycles. The summed E-state index contributed by atoms with van der Waals surface area (Å²) in [7, 11) is 0. The SMILES string of the molecule is CC(C)CNC(=O)N1CCCC(C(=O)NC(c2ccccc2)C(C)C(=O)O)C1. The highest BCUT2D eigenvalue weighted by molar-refractivity contribution is 5.82. The van der Waals surface area contributed by atoms with Gasteiger partial charge in [-0.05, 0) is 31.2 Å². The molecule has 3 amide bonds. The number of carboxylic acid groups (broad SMARTS) is 1. The van der Waals surface area contributed by atoms with E-state index in [-0.39, 0.29) is 17.9 Å². The summed E-state index contributed by atoms with van der Waals surface area (Å²) in [5.41, 5.74) is 0.757. The summed E-state index contributed by atoms with van der Waals surface area (Å²) in [5, 5.41) is 15.2. The quantitative estimate of drug-likeness (QED) is 0.668. The van der Waals surface area contributed by atoms with Crippen molar-refractivity contribution in [3.05, 3.63) is 35.9 Å². The van der Waals surface area contributed by atoms with E-state index in [1.54, 1.807) is 11.8 Å². The van der Waals surface area contributed by atoms with Gasteiger partial charge < -0.3 is 20.6 Å². The van der Waals surface area contributed by atoms with Crippen LogP contribution in [-0.2, 0) is 9.59 Å². The van der Waals surface area contributed by atoms with Gasteiger partial charge in [-0.1, -0.05) is 44.2 Å². The standard InChI is InChI=1S/C21H31N3O4/c1-14(2)12-22-21(28)24-11-7-10-17(13-24)19(25)23-18(15(3)20(26)27)16-8-5-4-6-9-16/h4-6,8-9,14-15,17-18H,7,10-13H2,1-3H3,(H,22,28)(H,23,25)(H,26,27). The van der Waals surface area contributed by atoms with E-state index < -0.39 is 17.9 Å². The summed E-state index contributed by atoms with van der Waals surface area (Å²) in [4.78, 5) is 38.4. The van der Waals surface area contributed by atoms with Crippen molar-refractivity contribution in [2.75, 3.05) is 19.6 Å². The number of hydrogen-bond acceptors (Lipinski definition) is 3. The molecule has 0 spiro atoms. The van der Waals surface area contributed by atoms with Crippen molar-refractivity contribution >= 4 is 17.9 Å². The molecule has 0 aliphatic carbocycles. The van der Waals surface area contributed by atoms with E-state index in [1.807, 2.05) is 44.2 Å². The van der Waals surface area contributed by atoms with Crippen LogP contribution in [0, 0.1) is 17.8 Å². The summed E-state index contributed by atoms with van der Waals surface area (Å²) in [6, 6.07) is 8.37. The molecule has 0 radical (unpaired) electrons. The molecule has 28 heavy (non-hydrogen) atoms. The first-order valence-corrected chi connectivity index (χ1v) is 9.90. The Morgan fingerprint density at radius 2 is 1.86 bits per heavy atom. The average Bonchev–Trinajstić information content (AvgIpc) is 2.70. The fourth-order valence-electron chi connectivity index (χ4n) is 3.35. The summed E-state index contributed by atoms with van der Waals surface area (Å²) in [5.74, 6) is -1.92. The molecule has 1 aliphatic rings. The number of nitrogens with zero attached hydrogens (tertiary/aromatic N) is 1. The van der Waals surface area contributed by atoms with Gasteiger partial charge in [0.25, 0.3) is 0 Å². The zero-order chi connectivity index (χ0) is 20.7. The van der Waals surface area contributed by atoms with Gasteiger partial charge in [0.15, 0.2) is 0 Å². The molecule has 1 aliphatic heterocycles. The number of benzene rings is 1. The van der Waals surface area contributed by atoms with Crippen LogP contribution in [0.2, 0.25) is 0 Å². The van der Waals surface area contributed by atoms with Crippen LogP contribution in [0.15, 0.2) is 30.3 Å². The van der Waals surface area contributed by atoms with E-state index in [1.165, 1.54) is 0 Å². The first kappa shape index (κ1) is 21.7. The Balaban J connectivity index is 2.04. The van der Waals surface area contributed by atoms with Gasteiger partial charge in [-0.25, -0.2) is 4.79 Å². The molecule has 3 unspecified atom stereocenters. The predicted octanol–water partition coefficient (Wildman–Crippen LogP) is 2.64. The summed E-state index contributed by atoms with van der Waals surface area (Å²) in [6.45, 7) is 7.21. The van der Waals surface area contributed by atoms with Crippen molar-refractivity contribution in [1.82, 2.24) is 15.5 Å². The number of piperidine rings is 1. The van der Waals surface area contributed by atoms with Gasteiger partial charge in [-0.2, -0.15) is 0 Å². The molecular weight excluding hydrogens is 358 g/mol. The van der Waals surface area contributed by atoms with Gasteiger partial charge in [0.1, 0.15) is 0 Å². The maximum atomic E-state index is 12.9. The van der Waals surface area contributed by atoms with Gasteiger partial charge in [-0.3, -0.25) is 9.59 Å². The Bertz CT molecular complexity index is 677. The second kappa shape index (κ2) is 10.1. The highest BCUT2D eigenvalue weighted by atomic mass is 16.4. The molecule has 1 aromatic carbocycles. The molecule has 1 fully saturated rings. The lowest BCUT2D eigenvalue weighted by Crippen LogP contribution is -2.50. The molecule has 3 atom stereocenters. The lowest BCUT2D eigenvalue weighted by Gasteiger charge is -2.33. The third-order valence-electron chi connectivity index (χ3n) is 5.09. The van der Waals surface area contributed by atoms with Crippen molar-refractivity contribution in [2.45, 2.75) is 39.7 Å². The lowest BCUT2D eigenvalue weighted by atomic mass is 9.92. The zero-order valence-corrected chi connectivity index (χ0v) is 16.9. The second-order valence-corrected chi connectivity index (χ2v) is 7.89. The fraction of sp³-hybridized carbons (Fsp3) is 0.571. The number of rotatable bonds is 7. The third kappa shape index (κ3) is 5.97. The van der Waals surface area contributed by atoms with Crippen LogP contribution < -0.4 is 10.6 Å². The van der Waals surface area contributed by atoms with Crippen LogP contribution in [0.25, 0.3) is 0 Å². The van der Waals surface area contributed by atoms with Crippen molar-refractivity contribution in [3.8, 4) is 0 Å². The number of carbonyl (C=O) groups excluding carboxylic acids is 2. The Kier molecular flexibility index (Phi) is 7.84. The minimum absolute atomic E-state index is 0.148. The van der Waals surface area contributed by atoms with E-state index in [2.05, 4.69) is 10.6 Å². The van der Waals surface area contributed by atoms with Gasteiger partial charge in [0.2, 0.25) is 5.91 Å². The topological polar surface area (TPSA) is 98.7 Å². The Morgan fingerprint density at radius 1 is 1.18 bits per heavy atom. The van der Waals surface area contributed by atoms with E-state index in [4.69, 9.17) is 0 Å². The van der Waals surface area contributed by atoms with Crippen molar-refractivity contribution in [3.63, 3.8) is 0 Å².